The summed E-state index contributed by atoms with van der Waals surface area (Å²) in [6.45, 7) is 3.21. The predicted octanol–water partition coefficient (Wildman–Crippen LogP) is 0.967. The number of carbonyl (C=O) groups excluding carboxylic acids is 1. The van der Waals surface area contributed by atoms with E-state index in [1.165, 1.54) is 26.2 Å². The molecule has 0 spiro atoms. The summed E-state index contributed by atoms with van der Waals surface area (Å²) < 4.78 is 5.17. The maximum Gasteiger partial charge on any atom is 0.328 e. The Bertz CT molecular complexity index is 551. The molecule has 3 N–H and O–H groups in total. The molecule has 114 valence electrons. The largest absolute Gasteiger partial charge is 0.496 e. The summed E-state index contributed by atoms with van der Waals surface area (Å²) in [5.41, 5.74) is 1.71. The number of aliphatic hydroxyl groups is 1. The number of hydrogen-bond donors (Lipinski definition) is 3. The number of amides is 1. The second-order valence-corrected chi connectivity index (χ2v) is 4.64. The second kappa shape index (κ2) is 7.44. The van der Waals surface area contributed by atoms with Crippen LogP contribution in [0.15, 0.2) is 24.3 Å². The standard InChI is InChI=1S/C15H19NO5/c1-9-4-6-12(21-3)11(8-9)5-7-13(18)16-14(10(2)17)15(19)20/h4-8,10,14,17H,1-3H3,(H,16,18)(H,19,20)/b7-5+/t10-,14+/m1/s1. The molecule has 0 fully saturated rings. The average Bonchev–Trinajstić information content (AvgIpc) is 2.42. The lowest BCUT2D eigenvalue weighted by Crippen LogP contribution is -2.47. The zero-order chi connectivity index (χ0) is 16.0. The van der Waals surface area contributed by atoms with E-state index in [0.29, 0.717) is 11.3 Å². The van der Waals surface area contributed by atoms with Gasteiger partial charge in [0.25, 0.3) is 0 Å². The molecule has 0 aliphatic rings. The number of benzene rings is 1. The summed E-state index contributed by atoms with van der Waals surface area (Å²) in [6, 6.07) is 4.15. The molecule has 1 aromatic rings. The van der Waals surface area contributed by atoms with Crippen LogP contribution in [0.1, 0.15) is 18.1 Å². The van der Waals surface area contributed by atoms with Gasteiger partial charge in [0.1, 0.15) is 5.75 Å². The van der Waals surface area contributed by atoms with E-state index in [1.807, 2.05) is 19.1 Å². The lowest BCUT2D eigenvalue weighted by Gasteiger charge is -2.15. The van der Waals surface area contributed by atoms with Gasteiger partial charge in [-0.05, 0) is 32.1 Å². The molecule has 21 heavy (non-hydrogen) atoms. The first kappa shape index (κ1) is 16.7. The fraction of sp³-hybridized carbons (Fsp3) is 0.333. The van der Waals surface area contributed by atoms with Crippen LogP contribution in [0.2, 0.25) is 0 Å². The summed E-state index contributed by atoms with van der Waals surface area (Å²) in [7, 11) is 1.52. The van der Waals surface area contributed by atoms with Crippen LogP contribution in [0.5, 0.6) is 5.75 Å². The Morgan fingerprint density at radius 3 is 2.57 bits per heavy atom. The van der Waals surface area contributed by atoms with Crippen LogP contribution in [0.25, 0.3) is 6.08 Å². The summed E-state index contributed by atoms with van der Waals surface area (Å²) in [5.74, 6) is -1.29. The lowest BCUT2D eigenvalue weighted by atomic mass is 10.1. The molecule has 6 nitrogen and oxygen atoms in total. The van der Waals surface area contributed by atoms with Crippen molar-refractivity contribution in [2.75, 3.05) is 7.11 Å². The topological polar surface area (TPSA) is 95.9 Å². The van der Waals surface area contributed by atoms with Gasteiger partial charge in [-0.3, -0.25) is 4.79 Å². The van der Waals surface area contributed by atoms with Crippen molar-refractivity contribution in [3.05, 3.63) is 35.4 Å². The molecule has 0 aliphatic carbocycles. The number of carbonyl (C=O) groups is 2. The molecule has 0 saturated heterocycles. The number of carboxylic acids is 1. The van der Waals surface area contributed by atoms with E-state index in [1.54, 1.807) is 6.07 Å². The Morgan fingerprint density at radius 1 is 1.38 bits per heavy atom. The molecule has 1 amide bonds. The van der Waals surface area contributed by atoms with Gasteiger partial charge in [-0.1, -0.05) is 11.6 Å². The second-order valence-electron chi connectivity index (χ2n) is 4.64. The third kappa shape index (κ3) is 4.92. The van der Waals surface area contributed by atoms with Crippen LogP contribution in [0.4, 0.5) is 0 Å². The van der Waals surface area contributed by atoms with Crippen LogP contribution in [-0.4, -0.2) is 41.3 Å². The van der Waals surface area contributed by atoms with Gasteiger partial charge in [0.2, 0.25) is 5.91 Å². The Kier molecular flexibility index (Phi) is 5.92. The van der Waals surface area contributed by atoms with Crippen molar-refractivity contribution in [3.8, 4) is 5.75 Å². The normalized spacial score (nSPS) is 13.7. The quantitative estimate of drug-likeness (QED) is 0.679. The van der Waals surface area contributed by atoms with Crippen molar-refractivity contribution in [3.63, 3.8) is 0 Å². The van der Waals surface area contributed by atoms with Crippen molar-refractivity contribution in [1.29, 1.82) is 0 Å². The molecule has 0 radical (unpaired) electrons. The minimum absolute atomic E-state index is 0.605. The number of nitrogens with one attached hydrogen (secondary N) is 1. The number of methoxy groups -OCH3 is 1. The molecule has 1 rings (SSSR count). The Hall–Kier alpha value is -2.34. The number of ether oxygens (including phenoxy) is 1. The minimum atomic E-state index is -1.35. The number of aryl methyl sites for hydroxylation is 1. The fourth-order valence-electron chi connectivity index (χ4n) is 1.74. The van der Waals surface area contributed by atoms with E-state index < -0.39 is 24.0 Å². The minimum Gasteiger partial charge on any atom is -0.496 e. The molecule has 0 bridgehead atoms. The third-order valence-corrected chi connectivity index (χ3v) is 2.85. The van der Waals surface area contributed by atoms with Crippen LogP contribution < -0.4 is 10.1 Å². The number of rotatable bonds is 6. The Morgan fingerprint density at radius 2 is 2.05 bits per heavy atom. The van der Waals surface area contributed by atoms with E-state index in [0.717, 1.165) is 5.56 Å². The van der Waals surface area contributed by atoms with Crippen LogP contribution >= 0.6 is 0 Å². The van der Waals surface area contributed by atoms with Crippen molar-refractivity contribution in [2.24, 2.45) is 0 Å². The molecule has 0 saturated carbocycles. The Balaban J connectivity index is 2.83. The highest BCUT2D eigenvalue weighted by atomic mass is 16.5. The zero-order valence-corrected chi connectivity index (χ0v) is 12.2. The van der Waals surface area contributed by atoms with Gasteiger partial charge in [-0.2, -0.15) is 0 Å². The molecular formula is C15H19NO5. The maximum absolute atomic E-state index is 11.7. The smallest absolute Gasteiger partial charge is 0.328 e. The summed E-state index contributed by atoms with van der Waals surface area (Å²) in [4.78, 5) is 22.6. The first-order chi connectivity index (χ1) is 9.85. The van der Waals surface area contributed by atoms with Crippen molar-refractivity contribution in [2.45, 2.75) is 26.0 Å². The van der Waals surface area contributed by atoms with E-state index in [-0.39, 0.29) is 0 Å². The van der Waals surface area contributed by atoms with Gasteiger partial charge >= 0.3 is 5.97 Å². The molecule has 0 aliphatic heterocycles. The highest BCUT2D eigenvalue weighted by Crippen LogP contribution is 2.20. The zero-order valence-electron chi connectivity index (χ0n) is 12.2. The summed E-state index contributed by atoms with van der Waals surface area (Å²) >= 11 is 0. The highest BCUT2D eigenvalue weighted by Gasteiger charge is 2.23. The van der Waals surface area contributed by atoms with Crippen molar-refractivity contribution < 1.29 is 24.5 Å². The molecule has 6 heteroatoms. The summed E-state index contributed by atoms with van der Waals surface area (Å²) in [6.07, 6.45) is 1.55. The average molecular weight is 293 g/mol. The van der Waals surface area contributed by atoms with Crippen LogP contribution in [0, 0.1) is 6.92 Å². The molecule has 0 heterocycles. The molecule has 1 aromatic carbocycles. The van der Waals surface area contributed by atoms with Crippen molar-refractivity contribution in [1.82, 2.24) is 5.32 Å². The predicted molar refractivity (Wildman–Crippen MR) is 78.0 cm³/mol. The highest BCUT2D eigenvalue weighted by molar-refractivity contribution is 5.94. The van der Waals surface area contributed by atoms with E-state index in [2.05, 4.69) is 5.32 Å². The number of carboxylic acid groups (broad SMARTS) is 1. The van der Waals surface area contributed by atoms with Gasteiger partial charge in [-0.15, -0.1) is 0 Å². The monoisotopic (exact) mass is 293 g/mol. The number of hydrogen-bond acceptors (Lipinski definition) is 4. The van der Waals surface area contributed by atoms with Gasteiger partial charge < -0.3 is 20.3 Å². The van der Waals surface area contributed by atoms with Gasteiger partial charge in [0.15, 0.2) is 6.04 Å². The first-order valence-corrected chi connectivity index (χ1v) is 6.39. The van der Waals surface area contributed by atoms with E-state index in [9.17, 15) is 14.7 Å². The third-order valence-electron chi connectivity index (χ3n) is 2.85. The van der Waals surface area contributed by atoms with Crippen molar-refractivity contribution >= 4 is 18.0 Å². The molecule has 0 unspecified atom stereocenters. The number of aliphatic carboxylic acids is 1. The fourth-order valence-corrected chi connectivity index (χ4v) is 1.74. The van der Waals surface area contributed by atoms with Gasteiger partial charge in [0.05, 0.1) is 13.2 Å². The number of aliphatic hydroxyl groups excluding tert-OH is 1. The lowest BCUT2D eigenvalue weighted by molar-refractivity contribution is -0.144. The molecule has 0 aromatic heterocycles. The molecule has 2 atom stereocenters. The van der Waals surface area contributed by atoms with E-state index in [4.69, 9.17) is 9.84 Å². The van der Waals surface area contributed by atoms with Gasteiger partial charge in [-0.25, -0.2) is 4.79 Å². The van der Waals surface area contributed by atoms with Crippen LogP contribution in [-0.2, 0) is 9.59 Å². The first-order valence-electron chi connectivity index (χ1n) is 6.39. The molecular weight excluding hydrogens is 274 g/mol. The maximum atomic E-state index is 11.7. The Labute approximate surface area is 123 Å². The summed E-state index contributed by atoms with van der Waals surface area (Å²) in [5, 5.41) is 20.4. The van der Waals surface area contributed by atoms with E-state index >= 15 is 0 Å². The SMILES string of the molecule is COc1ccc(C)cc1/C=C/C(=O)N[C@H](C(=O)O)[C@@H](C)O. The van der Waals surface area contributed by atoms with Gasteiger partial charge in [0, 0.05) is 11.6 Å². The van der Waals surface area contributed by atoms with Crippen LogP contribution in [0.3, 0.4) is 0 Å².